The zero-order chi connectivity index (χ0) is 12.7. The van der Waals surface area contributed by atoms with Gasteiger partial charge < -0.3 is 20.7 Å². The minimum atomic E-state index is -1.02. The summed E-state index contributed by atoms with van der Waals surface area (Å²) >= 11 is 0. The fraction of sp³-hybridized carbons (Fsp3) is 0.417. The summed E-state index contributed by atoms with van der Waals surface area (Å²) in [6.45, 7) is 0.352. The Labute approximate surface area is 99.8 Å². The van der Waals surface area contributed by atoms with Crippen molar-refractivity contribution in [3.8, 4) is 5.75 Å². The van der Waals surface area contributed by atoms with Gasteiger partial charge in [0.05, 0.1) is 0 Å². The van der Waals surface area contributed by atoms with E-state index in [1.54, 1.807) is 24.3 Å². The molecule has 0 aromatic heterocycles. The van der Waals surface area contributed by atoms with Crippen LogP contribution in [0.5, 0.6) is 5.75 Å². The zero-order valence-corrected chi connectivity index (χ0v) is 9.50. The topological polar surface area (TPSA) is 92.8 Å². The van der Waals surface area contributed by atoms with Crippen LogP contribution in [0.25, 0.3) is 0 Å². The Hall–Kier alpha value is -1.59. The van der Waals surface area contributed by atoms with Crippen molar-refractivity contribution in [3.05, 3.63) is 29.8 Å². The van der Waals surface area contributed by atoms with Gasteiger partial charge in [-0.25, -0.2) is 4.79 Å². The van der Waals surface area contributed by atoms with Crippen LogP contribution in [0.4, 0.5) is 0 Å². The lowest BCUT2D eigenvalue weighted by Gasteiger charge is -2.14. The Morgan fingerprint density at radius 3 is 2.47 bits per heavy atom. The number of rotatable bonds is 7. The van der Waals surface area contributed by atoms with Gasteiger partial charge in [-0.3, -0.25) is 0 Å². The summed E-state index contributed by atoms with van der Waals surface area (Å²) in [5.41, 5.74) is 6.29. The van der Waals surface area contributed by atoms with Crippen molar-refractivity contribution in [1.29, 1.82) is 0 Å². The summed E-state index contributed by atoms with van der Waals surface area (Å²) < 4.78 is 5.31. The number of hydrogen-bond acceptors (Lipinski definition) is 4. The summed E-state index contributed by atoms with van der Waals surface area (Å²) in [4.78, 5) is 10.8. The lowest BCUT2D eigenvalue weighted by molar-refractivity contribution is -0.145. The number of carbonyl (C=O) groups is 1. The molecule has 17 heavy (non-hydrogen) atoms. The molecule has 94 valence electrons. The van der Waals surface area contributed by atoms with E-state index in [1.165, 1.54) is 0 Å². The predicted molar refractivity (Wildman–Crippen MR) is 63.0 cm³/mol. The molecule has 0 radical (unpaired) electrons. The second-order valence-electron chi connectivity index (χ2n) is 3.64. The van der Waals surface area contributed by atoms with E-state index in [2.05, 4.69) is 0 Å². The first kappa shape index (κ1) is 13.5. The fourth-order valence-electron chi connectivity index (χ4n) is 1.41. The predicted octanol–water partition coefficient (Wildman–Crippen LogP) is 0.402. The van der Waals surface area contributed by atoms with Gasteiger partial charge in [0.2, 0.25) is 0 Å². The number of carboxylic acid groups (broad SMARTS) is 1. The van der Waals surface area contributed by atoms with Gasteiger partial charge in [0.15, 0.2) is 6.10 Å². The van der Waals surface area contributed by atoms with E-state index in [0.29, 0.717) is 12.2 Å². The van der Waals surface area contributed by atoms with Crippen molar-refractivity contribution in [2.45, 2.75) is 18.9 Å². The van der Waals surface area contributed by atoms with Crippen molar-refractivity contribution in [2.75, 3.05) is 13.2 Å². The normalized spacial score (nSPS) is 12.1. The molecule has 0 saturated heterocycles. The Balaban J connectivity index is 2.63. The van der Waals surface area contributed by atoms with Gasteiger partial charge in [-0.2, -0.15) is 0 Å². The molecule has 0 spiro atoms. The summed E-state index contributed by atoms with van der Waals surface area (Å²) in [5.74, 6) is -0.526. The van der Waals surface area contributed by atoms with E-state index in [1.807, 2.05) is 0 Å². The average Bonchev–Trinajstić information content (AvgIpc) is 2.31. The number of aliphatic carboxylic acids is 1. The number of aliphatic hydroxyl groups is 1. The molecule has 0 amide bonds. The lowest BCUT2D eigenvalue weighted by Crippen LogP contribution is -2.29. The van der Waals surface area contributed by atoms with Crippen LogP contribution in [0.3, 0.4) is 0 Å². The fourth-order valence-corrected chi connectivity index (χ4v) is 1.41. The largest absolute Gasteiger partial charge is 0.479 e. The molecular weight excluding hydrogens is 222 g/mol. The summed E-state index contributed by atoms with van der Waals surface area (Å²) in [6.07, 6.45) is -0.0669. The lowest BCUT2D eigenvalue weighted by atomic mass is 10.1. The smallest absolute Gasteiger partial charge is 0.344 e. The molecule has 5 nitrogen and oxygen atoms in total. The van der Waals surface area contributed by atoms with E-state index in [4.69, 9.17) is 20.7 Å². The average molecular weight is 239 g/mol. The molecule has 0 fully saturated rings. The molecule has 1 unspecified atom stereocenters. The molecule has 0 aliphatic heterocycles. The quantitative estimate of drug-likeness (QED) is 0.640. The first-order valence-corrected chi connectivity index (χ1v) is 5.46. The van der Waals surface area contributed by atoms with Crippen LogP contribution in [0.1, 0.15) is 12.0 Å². The van der Waals surface area contributed by atoms with Crippen molar-refractivity contribution in [2.24, 2.45) is 5.73 Å². The van der Waals surface area contributed by atoms with Gasteiger partial charge in [-0.05, 0) is 30.7 Å². The summed E-state index contributed by atoms with van der Waals surface area (Å²) in [7, 11) is 0. The number of benzene rings is 1. The zero-order valence-electron chi connectivity index (χ0n) is 9.50. The first-order valence-electron chi connectivity index (χ1n) is 5.46. The second-order valence-corrected chi connectivity index (χ2v) is 3.64. The van der Waals surface area contributed by atoms with Crippen molar-refractivity contribution < 1.29 is 19.7 Å². The number of carboxylic acids is 1. The third-order valence-corrected chi connectivity index (χ3v) is 2.31. The number of hydrogen-bond donors (Lipinski definition) is 3. The third kappa shape index (κ3) is 4.42. The highest BCUT2D eigenvalue weighted by Gasteiger charge is 2.17. The monoisotopic (exact) mass is 239 g/mol. The Kier molecular flexibility index (Phi) is 5.45. The van der Waals surface area contributed by atoms with Crippen LogP contribution < -0.4 is 10.5 Å². The molecule has 0 saturated carbocycles. The molecule has 5 heteroatoms. The number of aliphatic hydroxyl groups excluding tert-OH is 1. The van der Waals surface area contributed by atoms with Crippen LogP contribution in [0, 0.1) is 0 Å². The van der Waals surface area contributed by atoms with Crippen LogP contribution >= 0.6 is 0 Å². The number of nitrogens with two attached hydrogens (primary N) is 1. The standard InChI is InChI=1S/C12H17NO4/c13-7-5-11(12(15)16)17-10-3-1-9(2-4-10)6-8-14/h1-4,11,14H,5-8,13H2,(H,15,16). The van der Waals surface area contributed by atoms with Gasteiger partial charge >= 0.3 is 5.97 Å². The third-order valence-electron chi connectivity index (χ3n) is 2.31. The van der Waals surface area contributed by atoms with Crippen molar-refractivity contribution >= 4 is 5.97 Å². The van der Waals surface area contributed by atoms with Crippen molar-refractivity contribution in [1.82, 2.24) is 0 Å². The molecular formula is C12H17NO4. The molecule has 0 heterocycles. The maximum atomic E-state index is 10.8. The van der Waals surface area contributed by atoms with Crippen LogP contribution in [-0.4, -0.2) is 35.4 Å². The Morgan fingerprint density at radius 1 is 1.35 bits per heavy atom. The Morgan fingerprint density at radius 2 is 2.00 bits per heavy atom. The maximum absolute atomic E-state index is 10.8. The highest BCUT2D eigenvalue weighted by molar-refractivity contribution is 5.72. The second kappa shape index (κ2) is 6.88. The van der Waals surface area contributed by atoms with Gasteiger partial charge in [0, 0.05) is 13.0 Å². The molecule has 0 bridgehead atoms. The molecule has 1 rings (SSSR count). The summed E-state index contributed by atoms with van der Waals surface area (Å²) in [6, 6.07) is 6.98. The van der Waals surface area contributed by atoms with Crippen LogP contribution in [-0.2, 0) is 11.2 Å². The number of ether oxygens (including phenoxy) is 1. The van der Waals surface area contributed by atoms with Crippen LogP contribution in [0.2, 0.25) is 0 Å². The van der Waals surface area contributed by atoms with Gasteiger partial charge in [-0.15, -0.1) is 0 Å². The van der Waals surface area contributed by atoms with Gasteiger partial charge in [-0.1, -0.05) is 12.1 Å². The van der Waals surface area contributed by atoms with E-state index in [9.17, 15) is 4.79 Å². The van der Waals surface area contributed by atoms with Gasteiger partial charge in [0.25, 0.3) is 0 Å². The molecule has 0 aliphatic rings. The molecule has 4 N–H and O–H groups in total. The van der Waals surface area contributed by atoms with Crippen LogP contribution in [0.15, 0.2) is 24.3 Å². The minimum Gasteiger partial charge on any atom is -0.479 e. The minimum absolute atomic E-state index is 0.0884. The molecule has 1 aromatic carbocycles. The highest BCUT2D eigenvalue weighted by atomic mass is 16.5. The van der Waals surface area contributed by atoms with E-state index < -0.39 is 12.1 Å². The van der Waals surface area contributed by atoms with Gasteiger partial charge in [0.1, 0.15) is 5.75 Å². The van der Waals surface area contributed by atoms with E-state index >= 15 is 0 Å². The van der Waals surface area contributed by atoms with E-state index in [0.717, 1.165) is 5.56 Å². The first-order chi connectivity index (χ1) is 8.17. The molecule has 1 atom stereocenters. The SMILES string of the molecule is NCCC(Oc1ccc(CCO)cc1)C(=O)O. The Bertz CT molecular complexity index is 350. The summed E-state index contributed by atoms with van der Waals surface area (Å²) in [5, 5.41) is 17.6. The molecule has 1 aromatic rings. The van der Waals surface area contributed by atoms with Crippen molar-refractivity contribution in [3.63, 3.8) is 0 Å². The molecule has 0 aliphatic carbocycles. The maximum Gasteiger partial charge on any atom is 0.344 e. The highest BCUT2D eigenvalue weighted by Crippen LogP contribution is 2.15. The van der Waals surface area contributed by atoms with E-state index in [-0.39, 0.29) is 19.6 Å².